The average Bonchev–Trinajstić information content (AvgIpc) is 2.70. The van der Waals surface area contributed by atoms with Crippen molar-refractivity contribution in [3.8, 4) is 0 Å². The summed E-state index contributed by atoms with van der Waals surface area (Å²) in [6.07, 6.45) is 6.31. The minimum absolute atomic E-state index is 0.520. The molecule has 1 aliphatic heterocycles. The molecule has 0 spiro atoms. The van der Waals surface area contributed by atoms with Gasteiger partial charge < -0.3 is 5.11 Å². The lowest BCUT2D eigenvalue weighted by Crippen LogP contribution is -2.55. The Kier molecular flexibility index (Phi) is 3.01. The minimum Gasteiger partial charge on any atom is -0.480 e. The van der Waals surface area contributed by atoms with Crippen molar-refractivity contribution < 1.29 is 9.90 Å². The van der Waals surface area contributed by atoms with E-state index in [0.29, 0.717) is 5.92 Å². The molecule has 2 rings (SSSR count). The van der Waals surface area contributed by atoms with Crippen molar-refractivity contribution in [1.29, 1.82) is 0 Å². The molecule has 1 heterocycles. The second-order valence-electron chi connectivity index (χ2n) is 5.23. The first-order valence-electron chi connectivity index (χ1n) is 6.13. The van der Waals surface area contributed by atoms with Crippen LogP contribution in [0.25, 0.3) is 0 Å². The smallest absolute Gasteiger partial charge is 0.324 e. The highest BCUT2D eigenvalue weighted by Gasteiger charge is 2.47. The molecule has 0 amide bonds. The summed E-state index contributed by atoms with van der Waals surface area (Å²) in [6.45, 7) is 4.16. The molecule has 0 bridgehead atoms. The topological polar surface area (TPSA) is 40.5 Å². The molecule has 3 heteroatoms. The monoisotopic (exact) mass is 211 g/mol. The highest BCUT2D eigenvalue weighted by Crippen LogP contribution is 2.38. The number of hydrogen-bond donors (Lipinski definition) is 1. The predicted molar refractivity (Wildman–Crippen MR) is 58.8 cm³/mol. The highest BCUT2D eigenvalue weighted by atomic mass is 16.4. The van der Waals surface area contributed by atoms with Crippen molar-refractivity contribution >= 4 is 5.97 Å². The molecular weight excluding hydrogens is 190 g/mol. The first-order valence-corrected chi connectivity index (χ1v) is 6.13. The summed E-state index contributed by atoms with van der Waals surface area (Å²) in [6, 6.07) is 0. The quantitative estimate of drug-likeness (QED) is 0.760. The molecule has 1 N–H and O–H groups in total. The van der Waals surface area contributed by atoms with Crippen molar-refractivity contribution in [2.75, 3.05) is 13.1 Å². The van der Waals surface area contributed by atoms with Crippen molar-refractivity contribution in [3.05, 3.63) is 0 Å². The summed E-state index contributed by atoms with van der Waals surface area (Å²) in [5, 5.41) is 9.53. The Morgan fingerprint density at radius 3 is 2.53 bits per heavy atom. The van der Waals surface area contributed by atoms with Crippen molar-refractivity contribution in [1.82, 2.24) is 4.90 Å². The van der Waals surface area contributed by atoms with E-state index in [-0.39, 0.29) is 0 Å². The molecule has 2 atom stereocenters. The molecule has 3 nitrogen and oxygen atoms in total. The molecule has 2 aliphatic rings. The fourth-order valence-electron chi connectivity index (χ4n) is 3.29. The summed E-state index contributed by atoms with van der Waals surface area (Å²) in [5.74, 6) is -0.0219. The van der Waals surface area contributed by atoms with Crippen LogP contribution in [0.2, 0.25) is 0 Å². The average molecular weight is 211 g/mol. The second-order valence-corrected chi connectivity index (χ2v) is 5.23. The summed E-state index contributed by atoms with van der Waals surface area (Å²) in [7, 11) is 0. The number of nitrogens with zero attached hydrogens (tertiary/aromatic N) is 1. The van der Waals surface area contributed by atoms with Crippen molar-refractivity contribution in [3.63, 3.8) is 0 Å². The van der Waals surface area contributed by atoms with Gasteiger partial charge in [0.15, 0.2) is 0 Å². The summed E-state index contributed by atoms with van der Waals surface area (Å²) < 4.78 is 0. The molecule has 1 saturated heterocycles. The Hall–Kier alpha value is -0.570. The molecule has 0 aromatic rings. The molecule has 2 unspecified atom stereocenters. The zero-order chi connectivity index (χ0) is 10.9. The van der Waals surface area contributed by atoms with Crippen LogP contribution in [-0.4, -0.2) is 34.6 Å². The van der Waals surface area contributed by atoms with Crippen LogP contribution < -0.4 is 0 Å². The van der Waals surface area contributed by atoms with Gasteiger partial charge in [-0.3, -0.25) is 9.69 Å². The minimum atomic E-state index is -0.587. The number of carbonyl (C=O) groups is 1. The Balaban J connectivity index is 2.18. The SMILES string of the molecule is CC1CCCC(C(=O)O)(N2CCCC2)C1. The molecule has 86 valence electrons. The number of likely N-dealkylation sites (tertiary alicyclic amines) is 1. The Bertz CT molecular complexity index is 248. The maximum absolute atomic E-state index is 11.6. The van der Waals surface area contributed by atoms with Gasteiger partial charge in [-0.25, -0.2) is 0 Å². The number of carboxylic acids is 1. The lowest BCUT2D eigenvalue weighted by Gasteiger charge is -2.43. The second kappa shape index (κ2) is 4.12. The zero-order valence-electron chi connectivity index (χ0n) is 9.54. The number of carboxylic acid groups (broad SMARTS) is 1. The van der Waals surface area contributed by atoms with E-state index >= 15 is 0 Å². The molecule has 1 aliphatic carbocycles. The zero-order valence-corrected chi connectivity index (χ0v) is 9.54. The van der Waals surface area contributed by atoms with Crippen LogP contribution in [0.15, 0.2) is 0 Å². The van der Waals surface area contributed by atoms with Gasteiger partial charge in [-0.2, -0.15) is 0 Å². The molecule has 2 fully saturated rings. The van der Waals surface area contributed by atoms with Crippen LogP contribution in [-0.2, 0) is 4.79 Å². The Morgan fingerprint density at radius 2 is 2.00 bits per heavy atom. The predicted octanol–water partition coefficient (Wildman–Crippen LogP) is 2.12. The fourth-order valence-corrected chi connectivity index (χ4v) is 3.29. The van der Waals surface area contributed by atoms with E-state index in [2.05, 4.69) is 11.8 Å². The molecule has 0 radical (unpaired) electrons. The maximum Gasteiger partial charge on any atom is 0.324 e. The first kappa shape index (κ1) is 10.9. The van der Waals surface area contributed by atoms with Gasteiger partial charge in [0, 0.05) is 0 Å². The van der Waals surface area contributed by atoms with E-state index in [0.717, 1.165) is 32.4 Å². The third-order valence-corrected chi connectivity index (χ3v) is 4.08. The van der Waals surface area contributed by atoms with Gasteiger partial charge in [0.1, 0.15) is 5.54 Å². The third-order valence-electron chi connectivity index (χ3n) is 4.08. The van der Waals surface area contributed by atoms with E-state index in [9.17, 15) is 9.90 Å². The van der Waals surface area contributed by atoms with Crippen LogP contribution in [0.3, 0.4) is 0 Å². The van der Waals surface area contributed by atoms with Crippen LogP contribution in [0.5, 0.6) is 0 Å². The van der Waals surface area contributed by atoms with Crippen LogP contribution in [0.1, 0.15) is 45.4 Å². The molecule has 15 heavy (non-hydrogen) atoms. The van der Waals surface area contributed by atoms with Gasteiger partial charge in [0.05, 0.1) is 0 Å². The summed E-state index contributed by atoms with van der Waals surface area (Å²) >= 11 is 0. The first-order chi connectivity index (χ1) is 7.15. The highest BCUT2D eigenvalue weighted by molar-refractivity contribution is 5.79. The Labute approximate surface area is 91.5 Å². The molecule has 0 aromatic carbocycles. The van der Waals surface area contributed by atoms with Gasteiger partial charge in [-0.05, 0) is 44.7 Å². The van der Waals surface area contributed by atoms with Crippen molar-refractivity contribution in [2.24, 2.45) is 5.92 Å². The van der Waals surface area contributed by atoms with Crippen LogP contribution >= 0.6 is 0 Å². The molecule has 1 saturated carbocycles. The molecule has 0 aromatic heterocycles. The van der Waals surface area contributed by atoms with Gasteiger partial charge in [-0.15, -0.1) is 0 Å². The van der Waals surface area contributed by atoms with Crippen LogP contribution in [0.4, 0.5) is 0 Å². The van der Waals surface area contributed by atoms with Gasteiger partial charge in [0.25, 0.3) is 0 Å². The summed E-state index contributed by atoms with van der Waals surface area (Å²) in [4.78, 5) is 13.8. The summed E-state index contributed by atoms with van der Waals surface area (Å²) in [5.41, 5.74) is -0.520. The van der Waals surface area contributed by atoms with Crippen molar-refractivity contribution in [2.45, 2.75) is 51.0 Å². The van der Waals surface area contributed by atoms with E-state index in [4.69, 9.17) is 0 Å². The van der Waals surface area contributed by atoms with E-state index in [1.165, 1.54) is 19.3 Å². The Morgan fingerprint density at radius 1 is 1.33 bits per heavy atom. The largest absolute Gasteiger partial charge is 0.480 e. The van der Waals surface area contributed by atoms with E-state index in [1.54, 1.807) is 0 Å². The lowest BCUT2D eigenvalue weighted by atomic mass is 9.75. The van der Waals surface area contributed by atoms with Gasteiger partial charge >= 0.3 is 5.97 Å². The number of aliphatic carboxylic acids is 1. The van der Waals surface area contributed by atoms with E-state index < -0.39 is 11.5 Å². The fraction of sp³-hybridized carbons (Fsp3) is 0.917. The van der Waals surface area contributed by atoms with E-state index in [1.807, 2.05) is 0 Å². The van der Waals surface area contributed by atoms with Gasteiger partial charge in [-0.1, -0.05) is 19.8 Å². The lowest BCUT2D eigenvalue weighted by molar-refractivity contribution is -0.154. The number of hydrogen-bond acceptors (Lipinski definition) is 2. The normalized spacial score (nSPS) is 38.1. The van der Waals surface area contributed by atoms with Gasteiger partial charge in [0.2, 0.25) is 0 Å². The number of rotatable bonds is 2. The third kappa shape index (κ3) is 1.89. The molecular formula is C12H21NO2. The standard InChI is InChI=1S/C12H21NO2/c1-10-5-4-6-12(9-10,11(14)15)13-7-2-3-8-13/h10H,2-9H2,1H3,(H,14,15). The van der Waals surface area contributed by atoms with Crippen LogP contribution in [0, 0.1) is 5.92 Å². The maximum atomic E-state index is 11.6.